The lowest BCUT2D eigenvalue weighted by atomic mass is 9.78. The molecule has 0 aromatic carbocycles. The number of fused-ring (bicyclic) bond motifs is 1. The standard InChI is InChI=1S/C11H21N/c1-2-4-6-11-9-12-8-7-10(11)5-3-1/h10-12H,1-9H2/t10-,11-/m1/s1. The van der Waals surface area contributed by atoms with Gasteiger partial charge < -0.3 is 5.32 Å². The molecule has 0 bridgehead atoms. The Balaban J connectivity index is 1.89. The van der Waals surface area contributed by atoms with Gasteiger partial charge in [0, 0.05) is 0 Å². The van der Waals surface area contributed by atoms with Crippen LogP contribution in [0.15, 0.2) is 0 Å². The monoisotopic (exact) mass is 167 g/mol. The summed E-state index contributed by atoms with van der Waals surface area (Å²) in [6.07, 6.45) is 10.4. The average molecular weight is 167 g/mol. The van der Waals surface area contributed by atoms with Crippen molar-refractivity contribution in [3.8, 4) is 0 Å². The lowest BCUT2D eigenvalue weighted by Crippen LogP contribution is -2.37. The molecule has 2 fully saturated rings. The molecule has 0 unspecified atom stereocenters. The largest absolute Gasteiger partial charge is 0.316 e. The van der Waals surface area contributed by atoms with Gasteiger partial charge in [-0.15, -0.1) is 0 Å². The Morgan fingerprint density at radius 2 is 1.50 bits per heavy atom. The molecule has 2 rings (SSSR count). The first kappa shape index (κ1) is 8.55. The van der Waals surface area contributed by atoms with Crippen LogP contribution >= 0.6 is 0 Å². The fraction of sp³-hybridized carbons (Fsp3) is 1.00. The van der Waals surface area contributed by atoms with Crippen LogP contribution in [0.5, 0.6) is 0 Å². The van der Waals surface area contributed by atoms with Gasteiger partial charge in [0.25, 0.3) is 0 Å². The first-order chi connectivity index (χ1) is 5.97. The van der Waals surface area contributed by atoms with Crippen LogP contribution in [0, 0.1) is 11.8 Å². The summed E-state index contributed by atoms with van der Waals surface area (Å²) in [5.41, 5.74) is 0. The number of piperidine rings is 1. The van der Waals surface area contributed by atoms with E-state index < -0.39 is 0 Å². The topological polar surface area (TPSA) is 12.0 Å². The van der Waals surface area contributed by atoms with E-state index in [4.69, 9.17) is 0 Å². The predicted molar refractivity (Wildman–Crippen MR) is 52.2 cm³/mol. The van der Waals surface area contributed by atoms with E-state index in [-0.39, 0.29) is 0 Å². The average Bonchev–Trinajstić information content (AvgIpc) is 2.06. The van der Waals surface area contributed by atoms with Crippen LogP contribution in [0.3, 0.4) is 0 Å². The highest BCUT2D eigenvalue weighted by Gasteiger charge is 2.24. The van der Waals surface area contributed by atoms with Crippen molar-refractivity contribution in [2.75, 3.05) is 13.1 Å². The summed E-state index contributed by atoms with van der Waals surface area (Å²) in [5, 5.41) is 3.53. The van der Waals surface area contributed by atoms with Gasteiger partial charge in [0.1, 0.15) is 0 Å². The van der Waals surface area contributed by atoms with Gasteiger partial charge in [-0.25, -0.2) is 0 Å². The maximum absolute atomic E-state index is 3.53. The van der Waals surface area contributed by atoms with Gasteiger partial charge in [0.05, 0.1) is 0 Å². The van der Waals surface area contributed by atoms with Crippen LogP contribution in [-0.2, 0) is 0 Å². The van der Waals surface area contributed by atoms with Gasteiger partial charge in [-0.3, -0.25) is 0 Å². The van der Waals surface area contributed by atoms with Crippen molar-refractivity contribution < 1.29 is 0 Å². The summed E-state index contributed by atoms with van der Waals surface area (Å²) < 4.78 is 0. The number of nitrogens with one attached hydrogen (secondary N) is 1. The molecule has 70 valence electrons. The van der Waals surface area contributed by atoms with Crippen LogP contribution < -0.4 is 5.32 Å². The van der Waals surface area contributed by atoms with E-state index in [0.717, 1.165) is 11.8 Å². The first-order valence-corrected chi connectivity index (χ1v) is 5.67. The van der Waals surface area contributed by atoms with Crippen molar-refractivity contribution in [2.45, 2.75) is 44.9 Å². The summed E-state index contributed by atoms with van der Waals surface area (Å²) >= 11 is 0. The minimum absolute atomic E-state index is 1.03. The van der Waals surface area contributed by atoms with E-state index in [2.05, 4.69) is 5.32 Å². The molecule has 1 N–H and O–H groups in total. The van der Waals surface area contributed by atoms with Gasteiger partial charge in [0.15, 0.2) is 0 Å². The highest BCUT2D eigenvalue weighted by Crippen LogP contribution is 2.31. The fourth-order valence-electron chi connectivity index (χ4n) is 2.86. The molecule has 2 atom stereocenters. The highest BCUT2D eigenvalue weighted by atomic mass is 14.9. The third kappa shape index (κ3) is 2.01. The Hall–Kier alpha value is -0.0400. The predicted octanol–water partition coefficient (Wildman–Crippen LogP) is 2.57. The molecule has 1 nitrogen and oxygen atoms in total. The molecule has 0 aromatic heterocycles. The summed E-state index contributed by atoms with van der Waals surface area (Å²) in [6, 6.07) is 0. The van der Waals surface area contributed by atoms with Crippen molar-refractivity contribution >= 4 is 0 Å². The third-order valence-electron chi connectivity index (χ3n) is 3.66. The smallest absolute Gasteiger partial charge is 0.00179 e. The molecular weight excluding hydrogens is 146 g/mol. The Labute approximate surface area is 75.9 Å². The Kier molecular flexibility index (Phi) is 3.04. The molecule has 0 spiro atoms. The second kappa shape index (κ2) is 4.27. The van der Waals surface area contributed by atoms with E-state index in [9.17, 15) is 0 Å². The van der Waals surface area contributed by atoms with Crippen molar-refractivity contribution in [3.05, 3.63) is 0 Å². The van der Waals surface area contributed by atoms with Gasteiger partial charge in [0.2, 0.25) is 0 Å². The van der Waals surface area contributed by atoms with Crippen LogP contribution in [0.4, 0.5) is 0 Å². The minimum Gasteiger partial charge on any atom is -0.316 e. The molecular formula is C11H21N. The van der Waals surface area contributed by atoms with Crippen LogP contribution in [0.1, 0.15) is 44.9 Å². The molecule has 0 amide bonds. The van der Waals surface area contributed by atoms with Crippen LogP contribution in [0.25, 0.3) is 0 Å². The summed E-state index contributed by atoms with van der Waals surface area (Å²) in [4.78, 5) is 0. The maximum Gasteiger partial charge on any atom is -0.00179 e. The van der Waals surface area contributed by atoms with E-state index in [1.807, 2.05) is 0 Å². The number of rotatable bonds is 0. The molecule has 0 radical (unpaired) electrons. The zero-order chi connectivity index (χ0) is 8.23. The SMILES string of the molecule is C1CCC[C@@H]2CNCC[C@H]2CC1. The zero-order valence-corrected chi connectivity index (χ0v) is 8.02. The van der Waals surface area contributed by atoms with E-state index >= 15 is 0 Å². The van der Waals surface area contributed by atoms with E-state index in [1.54, 1.807) is 0 Å². The first-order valence-electron chi connectivity index (χ1n) is 5.67. The lowest BCUT2D eigenvalue weighted by molar-refractivity contribution is 0.206. The van der Waals surface area contributed by atoms with Crippen molar-refractivity contribution in [2.24, 2.45) is 11.8 Å². The molecule has 1 saturated heterocycles. The van der Waals surface area contributed by atoms with Crippen molar-refractivity contribution in [1.29, 1.82) is 0 Å². The summed E-state index contributed by atoms with van der Waals surface area (Å²) in [7, 11) is 0. The molecule has 1 saturated carbocycles. The Bertz CT molecular complexity index is 117. The van der Waals surface area contributed by atoms with Gasteiger partial charge in [-0.1, -0.05) is 32.1 Å². The number of hydrogen-bond acceptors (Lipinski definition) is 1. The third-order valence-corrected chi connectivity index (χ3v) is 3.66. The van der Waals surface area contributed by atoms with Crippen LogP contribution in [-0.4, -0.2) is 13.1 Å². The molecule has 2 aliphatic rings. The second-order valence-corrected chi connectivity index (χ2v) is 4.50. The molecule has 1 heterocycles. The van der Waals surface area contributed by atoms with E-state index in [0.29, 0.717) is 0 Å². The summed E-state index contributed by atoms with van der Waals surface area (Å²) in [6.45, 7) is 2.59. The van der Waals surface area contributed by atoms with Crippen molar-refractivity contribution in [3.63, 3.8) is 0 Å². The van der Waals surface area contributed by atoms with Gasteiger partial charge in [-0.2, -0.15) is 0 Å². The Morgan fingerprint density at radius 1 is 0.750 bits per heavy atom. The molecule has 1 heteroatoms. The lowest BCUT2D eigenvalue weighted by Gasteiger charge is -2.33. The van der Waals surface area contributed by atoms with E-state index in [1.165, 1.54) is 58.0 Å². The molecule has 0 aromatic rings. The van der Waals surface area contributed by atoms with Gasteiger partial charge in [-0.05, 0) is 37.8 Å². The normalized spacial score (nSPS) is 38.0. The second-order valence-electron chi connectivity index (χ2n) is 4.50. The highest BCUT2D eigenvalue weighted by molar-refractivity contribution is 4.79. The van der Waals surface area contributed by atoms with Gasteiger partial charge >= 0.3 is 0 Å². The fourth-order valence-corrected chi connectivity index (χ4v) is 2.86. The quantitative estimate of drug-likeness (QED) is 0.584. The molecule has 12 heavy (non-hydrogen) atoms. The Morgan fingerprint density at radius 3 is 2.33 bits per heavy atom. The molecule has 1 aliphatic heterocycles. The zero-order valence-electron chi connectivity index (χ0n) is 8.02. The maximum atomic E-state index is 3.53. The van der Waals surface area contributed by atoms with Crippen LogP contribution in [0.2, 0.25) is 0 Å². The minimum atomic E-state index is 1.03. The molecule has 1 aliphatic carbocycles. The number of hydrogen-bond donors (Lipinski definition) is 1. The van der Waals surface area contributed by atoms with Crippen molar-refractivity contribution in [1.82, 2.24) is 5.32 Å². The summed E-state index contributed by atoms with van der Waals surface area (Å²) in [5.74, 6) is 2.10.